The van der Waals surface area contributed by atoms with Crippen LogP contribution in [0.1, 0.15) is 348 Å². The molecule has 0 bridgehead atoms. The van der Waals surface area contributed by atoms with Crippen molar-refractivity contribution in [3.05, 3.63) is 48.6 Å². The SMILES string of the molecule is CCCC/C=C\CCCCCCCC(=O)OCC(COC(=O)CCCCCCCCCCCCCCCCC/C=C\C/C=C\CCCCCCC)OC(=O)CCCCCCCCC/C=C\CCCCCCCCC. The summed E-state index contributed by atoms with van der Waals surface area (Å²) >= 11 is 0. The van der Waals surface area contributed by atoms with E-state index in [4.69, 9.17) is 14.2 Å². The molecule has 0 radical (unpaired) electrons. The Morgan fingerprint density at radius 1 is 0.270 bits per heavy atom. The smallest absolute Gasteiger partial charge is 0.306 e. The molecular weight excluding hydrogens is 913 g/mol. The monoisotopic (exact) mass is 1040 g/mol. The number of ether oxygens (including phenoxy) is 3. The maximum absolute atomic E-state index is 12.9. The average Bonchev–Trinajstić information content (AvgIpc) is 3.40. The third-order valence-electron chi connectivity index (χ3n) is 14.5. The molecule has 0 aliphatic carbocycles. The Morgan fingerprint density at radius 2 is 0.500 bits per heavy atom. The summed E-state index contributed by atoms with van der Waals surface area (Å²) in [5.41, 5.74) is 0. The highest BCUT2D eigenvalue weighted by molar-refractivity contribution is 5.71. The highest BCUT2D eigenvalue weighted by atomic mass is 16.6. The summed E-state index contributed by atoms with van der Waals surface area (Å²) in [5, 5.41) is 0. The van der Waals surface area contributed by atoms with E-state index in [1.165, 1.54) is 238 Å². The molecule has 0 aromatic carbocycles. The standard InChI is InChI=1S/C68H124O6/c1-4-7-10-13-16-19-22-24-26-28-30-31-32-33-34-35-36-37-38-40-41-43-46-49-52-55-58-61-67(70)73-64-65(63-72-66(69)60-57-54-51-48-45-21-18-15-12-9-6-3)74-68(71)62-59-56-53-50-47-44-42-39-29-27-25-23-20-17-14-11-8-5-2/h15,18,22,24,27-30,65H,4-14,16-17,19-21,23,25-26,31-64H2,1-3H3/b18-15-,24-22-,29-27-,30-28-. The van der Waals surface area contributed by atoms with Gasteiger partial charge in [-0.2, -0.15) is 0 Å². The van der Waals surface area contributed by atoms with Gasteiger partial charge in [-0.25, -0.2) is 0 Å². The molecule has 0 fully saturated rings. The zero-order valence-electron chi connectivity index (χ0n) is 49.6. The summed E-state index contributed by atoms with van der Waals surface area (Å²) < 4.78 is 16.9. The van der Waals surface area contributed by atoms with Crippen LogP contribution in [0.5, 0.6) is 0 Å². The molecule has 0 saturated carbocycles. The van der Waals surface area contributed by atoms with Crippen molar-refractivity contribution in [2.24, 2.45) is 0 Å². The van der Waals surface area contributed by atoms with E-state index in [9.17, 15) is 14.4 Å². The molecule has 1 unspecified atom stereocenters. The number of carbonyl (C=O) groups excluding carboxylic acids is 3. The first-order chi connectivity index (χ1) is 36.5. The van der Waals surface area contributed by atoms with Gasteiger partial charge in [-0.05, 0) is 96.3 Å². The fraction of sp³-hybridized carbons (Fsp3) is 0.838. The largest absolute Gasteiger partial charge is 0.462 e. The van der Waals surface area contributed by atoms with Crippen LogP contribution in [0.2, 0.25) is 0 Å². The first kappa shape index (κ1) is 71.4. The van der Waals surface area contributed by atoms with Crippen LogP contribution in [0.3, 0.4) is 0 Å². The Hall–Kier alpha value is -2.63. The van der Waals surface area contributed by atoms with Crippen molar-refractivity contribution in [3.8, 4) is 0 Å². The summed E-state index contributed by atoms with van der Waals surface area (Å²) in [7, 11) is 0. The lowest BCUT2D eigenvalue weighted by Gasteiger charge is -2.18. The predicted molar refractivity (Wildman–Crippen MR) is 321 cm³/mol. The highest BCUT2D eigenvalue weighted by Crippen LogP contribution is 2.17. The van der Waals surface area contributed by atoms with Gasteiger partial charge in [0.05, 0.1) is 0 Å². The van der Waals surface area contributed by atoms with Crippen molar-refractivity contribution in [3.63, 3.8) is 0 Å². The molecule has 0 aliphatic rings. The molecule has 1 atom stereocenters. The van der Waals surface area contributed by atoms with Gasteiger partial charge in [-0.3, -0.25) is 14.4 Å². The van der Waals surface area contributed by atoms with Crippen LogP contribution in [0.4, 0.5) is 0 Å². The van der Waals surface area contributed by atoms with E-state index < -0.39 is 6.10 Å². The van der Waals surface area contributed by atoms with E-state index >= 15 is 0 Å². The van der Waals surface area contributed by atoms with Gasteiger partial charge in [-0.15, -0.1) is 0 Å². The minimum Gasteiger partial charge on any atom is -0.462 e. The van der Waals surface area contributed by atoms with E-state index in [-0.39, 0.29) is 31.1 Å². The molecule has 74 heavy (non-hydrogen) atoms. The van der Waals surface area contributed by atoms with Gasteiger partial charge < -0.3 is 14.2 Å². The van der Waals surface area contributed by atoms with Crippen molar-refractivity contribution >= 4 is 17.9 Å². The number of hydrogen-bond donors (Lipinski definition) is 0. The second-order valence-electron chi connectivity index (χ2n) is 22.0. The molecule has 0 aromatic rings. The van der Waals surface area contributed by atoms with Gasteiger partial charge in [0.2, 0.25) is 0 Å². The molecule has 0 N–H and O–H groups in total. The molecule has 6 heteroatoms. The van der Waals surface area contributed by atoms with Crippen LogP contribution in [0, 0.1) is 0 Å². The molecule has 0 aliphatic heterocycles. The number of hydrogen-bond acceptors (Lipinski definition) is 6. The maximum atomic E-state index is 12.9. The van der Waals surface area contributed by atoms with Crippen molar-refractivity contribution in [1.29, 1.82) is 0 Å². The van der Waals surface area contributed by atoms with Gasteiger partial charge in [-0.1, -0.05) is 281 Å². The average molecular weight is 1040 g/mol. The Labute approximate surface area is 460 Å². The maximum Gasteiger partial charge on any atom is 0.306 e. The summed E-state index contributed by atoms with van der Waals surface area (Å²) in [5.74, 6) is -0.871. The normalized spacial score (nSPS) is 12.3. The number of esters is 3. The summed E-state index contributed by atoms with van der Waals surface area (Å²) in [6.07, 6.45) is 78.4. The number of unbranched alkanes of at least 4 members (excludes halogenated alkanes) is 41. The molecule has 6 nitrogen and oxygen atoms in total. The van der Waals surface area contributed by atoms with Crippen LogP contribution in [0.15, 0.2) is 48.6 Å². The quantitative estimate of drug-likeness (QED) is 0.0261. The van der Waals surface area contributed by atoms with Crippen molar-refractivity contribution in [2.75, 3.05) is 13.2 Å². The Morgan fingerprint density at radius 3 is 0.797 bits per heavy atom. The van der Waals surface area contributed by atoms with E-state index in [1.807, 2.05) is 0 Å². The lowest BCUT2D eigenvalue weighted by molar-refractivity contribution is -0.167. The van der Waals surface area contributed by atoms with Crippen LogP contribution >= 0.6 is 0 Å². The molecule has 0 heterocycles. The Balaban J connectivity index is 4.20. The van der Waals surface area contributed by atoms with Gasteiger partial charge in [0.25, 0.3) is 0 Å². The predicted octanol–water partition coefficient (Wildman–Crippen LogP) is 22.2. The number of rotatable bonds is 60. The third-order valence-corrected chi connectivity index (χ3v) is 14.5. The molecule has 0 amide bonds. The topological polar surface area (TPSA) is 78.9 Å². The first-order valence-corrected chi connectivity index (χ1v) is 32.6. The fourth-order valence-corrected chi connectivity index (χ4v) is 9.57. The fourth-order valence-electron chi connectivity index (χ4n) is 9.57. The van der Waals surface area contributed by atoms with Crippen molar-refractivity contribution in [1.82, 2.24) is 0 Å². The molecule has 0 rings (SSSR count). The molecule has 0 saturated heterocycles. The minimum atomic E-state index is -0.777. The van der Waals surface area contributed by atoms with Gasteiger partial charge in [0, 0.05) is 19.3 Å². The van der Waals surface area contributed by atoms with E-state index in [0.29, 0.717) is 19.3 Å². The second-order valence-corrected chi connectivity index (χ2v) is 22.0. The zero-order valence-corrected chi connectivity index (χ0v) is 49.6. The van der Waals surface area contributed by atoms with Crippen LogP contribution < -0.4 is 0 Å². The minimum absolute atomic E-state index is 0.0747. The van der Waals surface area contributed by atoms with Gasteiger partial charge in [0.15, 0.2) is 6.10 Å². The molecule has 0 aromatic heterocycles. The van der Waals surface area contributed by atoms with E-state index in [0.717, 1.165) is 70.6 Å². The third kappa shape index (κ3) is 60.2. The lowest BCUT2D eigenvalue weighted by atomic mass is 10.0. The lowest BCUT2D eigenvalue weighted by Crippen LogP contribution is -2.30. The molecular formula is C68H124O6. The van der Waals surface area contributed by atoms with Crippen LogP contribution in [-0.4, -0.2) is 37.2 Å². The Kier molecular flexibility index (Phi) is 60.7. The van der Waals surface area contributed by atoms with Crippen molar-refractivity contribution < 1.29 is 28.6 Å². The van der Waals surface area contributed by atoms with Crippen LogP contribution in [-0.2, 0) is 28.6 Å². The first-order valence-electron chi connectivity index (χ1n) is 32.6. The van der Waals surface area contributed by atoms with Gasteiger partial charge in [0.1, 0.15) is 13.2 Å². The summed E-state index contributed by atoms with van der Waals surface area (Å²) in [6, 6.07) is 0. The van der Waals surface area contributed by atoms with E-state index in [2.05, 4.69) is 69.4 Å². The number of allylic oxidation sites excluding steroid dienone is 8. The summed E-state index contributed by atoms with van der Waals surface area (Å²) in [6.45, 7) is 6.62. The van der Waals surface area contributed by atoms with Crippen molar-refractivity contribution in [2.45, 2.75) is 354 Å². The second kappa shape index (κ2) is 62.9. The summed E-state index contributed by atoms with van der Waals surface area (Å²) in [4.78, 5) is 38.2. The number of carbonyl (C=O) groups is 3. The van der Waals surface area contributed by atoms with E-state index in [1.54, 1.807) is 0 Å². The molecule has 0 spiro atoms. The highest BCUT2D eigenvalue weighted by Gasteiger charge is 2.19. The molecule has 432 valence electrons. The Bertz CT molecular complexity index is 1280. The zero-order chi connectivity index (χ0) is 53.6. The van der Waals surface area contributed by atoms with Crippen LogP contribution in [0.25, 0.3) is 0 Å². The van der Waals surface area contributed by atoms with Gasteiger partial charge >= 0.3 is 17.9 Å².